The first-order valence-corrected chi connectivity index (χ1v) is 6.41. The zero-order chi connectivity index (χ0) is 13.1. The highest BCUT2D eigenvalue weighted by Gasteiger charge is 2.21. The molecule has 98 valence electrons. The molecular weight excluding hydrogens is 302 g/mol. The maximum atomic E-state index is 11.4. The topological polar surface area (TPSA) is 70.8 Å². The van der Waals surface area contributed by atoms with Gasteiger partial charge in [-0.05, 0) is 24.6 Å². The Morgan fingerprint density at radius 3 is 2.83 bits per heavy atom. The number of hydrogen-bond donors (Lipinski definition) is 1. The molecule has 1 aromatic carbocycles. The largest absolute Gasteiger partial charge is 0.466 e. The third-order valence-corrected chi connectivity index (χ3v) is 3.27. The van der Waals surface area contributed by atoms with Gasteiger partial charge in [-0.3, -0.25) is 4.79 Å². The standard InChI is InChI=1S/C12H14BrNO4/c1-2-16-12(15)5-9(14)7-3-10-11(4-8(7)13)18-6-17-10/h3-4,9H,2,5-6,14H2,1H3/t9-/m0/s1. The number of esters is 1. The Morgan fingerprint density at radius 1 is 1.50 bits per heavy atom. The van der Waals surface area contributed by atoms with E-state index in [2.05, 4.69) is 15.9 Å². The summed E-state index contributed by atoms with van der Waals surface area (Å²) in [5, 5.41) is 0. The van der Waals surface area contributed by atoms with E-state index in [9.17, 15) is 4.79 Å². The minimum atomic E-state index is -0.437. The van der Waals surface area contributed by atoms with Gasteiger partial charge in [-0.15, -0.1) is 0 Å². The summed E-state index contributed by atoms with van der Waals surface area (Å²) >= 11 is 3.41. The molecule has 1 aliphatic rings. The summed E-state index contributed by atoms with van der Waals surface area (Å²) in [4.78, 5) is 11.4. The van der Waals surface area contributed by atoms with Gasteiger partial charge in [-0.2, -0.15) is 0 Å². The van der Waals surface area contributed by atoms with Crippen molar-refractivity contribution >= 4 is 21.9 Å². The summed E-state index contributed by atoms with van der Waals surface area (Å²) in [5.41, 5.74) is 6.79. The van der Waals surface area contributed by atoms with Gasteiger partial charge < -0.3 is 19.9 Å². The Kier molecular flexibility index (Phi) is 4.08. The number of hydrogen-bond acceptors (Lipinski definition) is 5. The van der Waals surface area contributed by atoms with E-state index in [1.54, 1.807) is 19.1 Å². The van der Waals surface area contributed by atoms with Gasteiger partial charge in [-0.25, -0.2) is 0 Å². The van der Waals surface area contributed by atoms with Crippen LogP contribution in [-0.2, 0) is 9.53 Å². The quantitative estimate of drug-likeness (QED) is 0.862. The molecule has 0 aromatic heterocycles. The normalized spacial score (nSPS) is 14.4. The highest BCUT2D eigenvalue weighted by Crippen LogP contribution is 2.39. The van der Waals surface area contributed by atoms with Crippen LogP contribution >= 0.6 is 15.9 Å². The average molecular weight is 316 g/mol. The lowest BCUT2D eigenvalue weighted by molar-refractivity contribution is -0.143. The number of fused-ring (bicyclic) bond motifs is 1. The lowest BCUT2D eigenvalue weighted by atomic mass is 10.0. The van der Waals surface area contributed by atoms with Gasteiger partial charge in [0.2, 0.25) is 6.79 Å². The molecule has 1 aromatic rings. The van der Waals surface area contributed by atoms with Gasteiger partial charge >= 0.3 is 5.97 Å². The van der Waals surface area contributed by atoms with E-state index < -0.39 is 6.04 Å². The second-order valence-electron chi connectivity index (χ2n) is 3.84. The number of rotatable bonds is 4. The van der Waals surface area contributed by atoms with Gasteiger partial charge in [-0.1, -0.05) is 15.9 Å². The Morgan fingerprint density at radius 2 is 2.17 bits per heavy atom. The molecule has 0 spiro atoms. The highest BCUT2D eigenvalue weighted by molar-refractivity contribution is 9.10. The first-order valence-electron chi connectivity index (χ1n) is 5.62. The summed E-state index contributed by atoms with van der Waals surface area (Å²) in [7, 11) is 0. The Labute approximate surface area is 113 Å². The Balaban J connectivity index is 2.15. The van der Waals surface area contributed by atoms with Crippen LogP contribution < -0.4 is 15.2 Å². The van der Waals surface area contributed by atoms with Crippen molar-refractivity contribution in [3.63, 3.8) is 0 Å². The van der Waals surface area contributed by atoms with Crippen LogP contribution in [0.25, 0.3) is 0 Å². The summed E-state index contributed by atoms with van der Waals surface area (Å²) in [5.74, 6) is 1.01. The molecule has 0 bridgehead atoms. The molecule has 1 heterocycles. The van der Waals surface area contributed by atoms with Gasteiger partial charge in [0.1, 0.15) is 0 Å². The molecule has 2 N–H and O–H groups in total. The van der Waals surface area contributed by atoms with Crippen LogP contribution in [0.5, 0.6) is 11.5 Å². The smallest absolute Gasteiger partial charge is 0.307 e. The van der Waals surface area contributed by atoms with E-state index in [1.165, 1.54) is 0 Å². The van der Waals surface area contributed by atoms with E-state index >= 15 is 0 Å². The number of halogens is 1. The fraction of sp³-hybridized carbons (Fsp3) is 0.417. The number of ether oxygens (including phenoxy) is 3. The number of nitrogens with two attached hydrogens (primary N) is 1. The van der Waals surface area contributed by atoms with E-state index in [0.717, 1.165) is 10.0 Å². The zero-order valence-electron chi connectivity index (χ0n) is 9.94. The molecule has 1 aliphatic heterocycles. The molecule has 2 rings (SSSR count). The summed E-state index contributed by atoms with van der Waals surface area (Å²) in [6.45, 7) is 2.33. The summed E-state index contributed by atoms with van der Waals surface area (Å²) in [6, 6.07) is 3.15. The van der Waals surface area contributed by atoms with E-state index in [0.29, 0.717) is 18.1 Å². The van der Waals surface area contributed by atoms with Crippen LogP contribution in [0.4, 0.5) is 0 Å². The van der Waals surface area contributed by atoms with Gasteiger partial charge in [0, 0.05) is 10.5 Å². The molecule has 0 radical (unpaired) electrons. The molecule has 0 unspecified atom stereocenters. The van der Waals surface area contributed by atoms with Crippen molar-refractivity contribution in [2.75, 3.05) is 13.4 Å². The molecular formula is C12H14BrNO4. The molecule has 0 saturated carbocycles. The molecule has 0 aliphatic carbocycles. The summed E-state index contributed by atoms with van der Waals surface area (Å²) < 4.78 is 16.2. The molecule has 6 heteroatoms. The van der Waals surface area contributed by atoms with Crippen molar-refractivity contribution < 1.29 is 19.0 Å². The summed E-state index contributed by atoms with van der Waals surface area (Å²) in [6.07, 6.45) is 0.131. The lowest BCUT2D eigenvalue weighted by Crippen LogP contribution is -2.17. The average Bonchev–Trinajstić information content (AvgIpc) is 2.74. The van der Waals surface area contributed by atoms with Crippen LogP contribution in [-0.4, -0.2) is 19.4 Å². The monoisotopic (exact) mass is 315 g/mol. The third kappa shape index (κ3) is 2.76. The number of benzene rings is 1. The van der Waals surface area contributed by atoms with Crippen molar-refractivity contribution in [1.29, 1.82) is 0 Å². The van der Waals surface area contributed by atoms with Crippen molar-refractivity contribution in [2.45, 2.75) is 19.4 Å². The molecule has 0 fully saturated rings. The van der Waals surface area contributed by atoms with Gasteiger partial charge in [0.05, 0.1) is 13.0 Å². The lowest BCUT2D eigenvalue weighted by Gasteiger charge is -2.13. The highest BCUT2D eigenvalue weighted by atomic mass is 79.9. The van der Waals surface area contributed by atoms with Gasteiger partial charge in [0.25, 0.3) is 0 Å². The predicted molar refractivity (Wildman–Crippen MR) is 68.4 cm³/mol. The van der Waals surface area contributed by atoms with Crippen molar-refractivity contribution in [2.24, 2.45) is 5.73 Å². The third-order valence-electron chi connectivity index (χ3n) is 2.58. The fourth-order valence-corrected chi connectivity index (χ4v) is 2.34. The van der Waals surface area contributed by atoms with Crippen LogP contribution in [0.15, 0.2) is 16.6 Å². The molecule has 18 heavy (non-hydrogen) atoms. The zero-order valence-corrected chi connectivity index (χ0v) is 11.5. The van der Waals surface area contributed by atoms with Crippen molar-refractivity contribution in [1.82, 2.24) is 0 Å². The molecule has 0 saturated heterocycles. The first kappa shape index (κ1) is 13.2. The fourth-order valence-electron chi connectivity index (χ4n) is 1.73. The SMILES string of the molecule is CCOC(=O)C[C@H](N)c1cc2c(cc1Br)OCO2. The predicted octanol–water partition coefficient (Wildman–Crippen LogP) is 2.13. The van der Waals surface area contributed by atoms with Crippen molar-refractivity contribution in [3.05, 3.63) is 22.2 Å². The maximum absolute atomic E-state index is 11.4. The molecule has 1 atom stereocenters. The van der Waals surface area contributed by atoms with Gasteiger partial charge in [0.15, 0.2) is 11.5 Å². The first-order chi connectivity index (χ1) is 8.61. The van der Waals surface area contributed by atoms with E-state index in [-0.39, 0.29) is 19.2 Å². The Bertz CT molecular complexity index is 464. The van der Waals surface area contributed by atoms with Crippen LogP contribution in [0.3, 0.4) is 0 Å². The number of carbonyl (C=O) groups is 1. The minimum Gasteiger partial charge on any atom is -0.466 e. The van der Waals surface area contributed by atoms with E-state index in [4.69, 9.17) is 19.9 Å². The molecule has 0 amide bonds. The van der Waals surface area contributed by atoms with E-state index in [1.807, 2.05) is 0 Å². The molecule has 5 nitrogen and oxygen atoms in total. The second kappa shape index (κ2) is 5.58. The number of carbonyl (C=O) groups excluding carboxylic acids is 1. The minimum absolute atomic E-state index is 0.131. The van der Waals surface area contributed by atoms with Crippen LogP contribution in [0.2, 0.25) is 0 Å². The second-order valence-corrected chi connectivity index (χ2v) is 4.70. The Hall–Kier alpha value is -1.27. The maximum Gasteiger partial charge on any atom is 0.307 e. The van der Waals surface area contributed by atoms with Crippen molar-refractivity contribution in [3.8, 4) is 11.5 Å². The van der Waals surface area contributed by atoms with Crippen LogP contribution in [0.1, 0.15) is 24.9 Å². The van der Waals surface area contributed by atoms with Crippen LogP contribution in [0, 0.1) is 0 Å².